The third-order valence-corrected chi connectivity index (χ3v) is 4.79. The number of likely N-dealkylation sites (tertiary alicyclic amines) is 1. The van der Waals surface area contributed by atoms with E-state index in [0.29, 0.717) is 17.5 Å². The van der Waals surface area contributed by atoms with Gasteiger partial charge in [0, 0.05) is 25.2 Å². The monoisotopic (exact) mass is 366 g/mol. The van der Waals surface area contributed by atoms with Gasteiger partial charge >= 0.3 is 0 Å². The highest BCUT2D eigenvalue weighted by atomic mass is 35.5. The minimum Gasteiger partial charge on any atom is -0.489 e. The van der Waals surface area contributed by atoms with Crippen molar-refractivity contribution in [2.75, 3.05) is 39.8 Å². The molecule has 0 saturated carbocycles. The minimum absolute atomic E-state index is 0.0324. The quantitative estimate of drug-likeness (QED) is 0.575. The van der Waals surface area contributed by atoms with Gasteiger partial charge in [-0.25, -0.2) is 0 Å². The molecule has 1 aromatic rings. The average molecular weight is 367 g/mol. The van der Waals surface area contributed by atoms with Crippen LogP contribution in [0, 0.1) is 5.92 Å². The summed E-state index contributed by atoms with van der Waals surface area (Å²) < 4.78 is 5.88. The molecule has 1 aliphatic heterocycles. The molecule has 2 atom stereocenters. The second kappa shape index (κ2) is 10.5. The van der Waals surface area contributed by atoms with Crippen molar-refractivity contribution >= 4 is 17.6 Å². The van der Waals surface area contributed by atoms with E-state index in [4.69, 9.17) is 16.3 Å². The zero-order chi connectivity index (χ0) is 18.1. The Balaban J connectivity index is 1.69. The number of aliphatic imine (C=N–C) groups is 1. The van der Waals surface area contributed by atoms with Gasteiger partial charge < -0.3 is 20.3 Å². The van der Waals surface area contributed by atoms with Crippen LogP contribution in [0.15, 0.2) is 29.3 Å². The predicted octanol–water partition coefficient (Wildman–Crippen LogP) is 3.00. The Labute approximate surface area is 156 Å². The summed E-state index contributed by atoms with van der Waals surface area (Å²) in [5.74, 6) is 2.35. The second-order valence-corrected chi connectivity index (χ2v) is 7.05. The smallest absolute Gasteiger partial charge is 0.191 e. The molecule has 2 unspecified atom stereocenters. The van der Waals surface area contributed by atoms with E-state index in [9.17, 15) is 0 Å². The molecule has 2 N–H and O–H groups in total. The van der Waals surface area contributed by atoms with Crippen LogP contribution in [-0.2, 0) is 0 Å². The van der Waals surface area contributed by atoms with Gasteiger partial charge in [-0.05, 0) is 63.0 Å². The number of ether oxygens (including phenoxy) is 1. The van der Waals surface area contributed by atoms with Gasteiger partial charge in [-0.2, -0.15) is 0 Å². The fourth-order valence-electron chi connectivity index (χ4n) is 3.09. The average Bonchev–Trinajstić information content (AvgIpc) is 2.64. The first-order valence-corrected chi connectivity index (χ1v) is 9.57. The van der Waals surface area contributed by atoms with Gasteiger partial charge in [-0.1, -0.05) is 18.5 Å². The second-order valence-electron chi connectivity index (χ2n) is 6.62. The number of hydrogen-bond acceptors (Lipinski definition) is 3. The number of nitrogens with one attached hydrogen (secondary N) is 2. The molecule has 1 saturated heterocycles. The first-order valence-electron chi connectivity index (χ1n) is 9.19. The molecule has 1 fully saturated rings. The Hall–Kier alpha value is -1.46. The van der Waals surface area contributed by atoms with Gasteiger partial charge in [0.25, 0.3) is 0 Å². The lowest BCUT2D eigenvalue weighted by Gasteiger charge is -2.32. The number of rotatable bonds is 7. The molecule has 0 aliphatic carbocycles. The van der Waals surface area contributed by atoms with E-state index in [1.807, 2.05) is 31.2 Å². The van der Waals surface area contributed by atoms with Crippen LogP contribution in [0.2, 0.25) is 5.02 Å². The topological polar surface area (TPSA) is 48.9 Å². The summed E-state index contributed by atoms with van der Waals surface area (Å²) in [7, 11) is 1.80. The molecule has 2 rings (SSSR count). The lowest BCUT2D eigenvalue weighted by molar-refractivity contribution is 0.183. The number of hydrogen-bond donors (Lipinski definition) is 2. The standard InChI is InChI=1S/C19H31ClN4O/c1-4-24-11-5-6-16(14-24)13-23-19(21-3)22-12-15(2)25-18-9-7-17(20)8-10-18/h7-10,15-16H,4-6,11-14H2,1-3H3,(H2,21,22,23). The normalized spacial score (nSPS) is 20.2. The summed E-state index contributed by atoms with van der Waals surface area (Å²) in [4.78, 5) is 6.83. The van der Waals surface area contributed by atoms with Crippen LogP contribution < -0.4 is 15.4 Å². The van der Waals surface area contributed by atoms with E-state index in [2.05, 4.69) is 27.4 Å². The molecular weight excluding hydrogens is 336 g/mol. The van der Waals surface area contributed by atoms with Gasteiger partial charge in [0.05, 0.1) is 6.54 Å². The van der Waals surface area contributed by atoms with Crippen molar-refractivity contribution in [3.63, 3.8) is 0 Å². The minimum atomic E-state index is 0.0324. The molecule has 1 aromatic carbocycles. The molecule has 140 valence electrons. The summed E-state index contributed by atoms with van der Waals surface area (Å²) in [6.45, 7) is 9.48. The molecule has 0 aromatic heterocycles. The van der Waals surface area contributed by atoms with Crippen LogP contribution in [0.25, 0.3) is 0 Å². The number of piperidine rings is 1. The highest BCUT2D eigenvalue weighted by Crippen LogP contribution is 2.17. The maximum Gasteiger partial charge on any atom is 0.191 e. The highest BCUT2D eigenvalue weighted by molar-refractivity contribution is 6.30. The molecule has 25 heavy (non-hydrogen) atoms. The molecule has 6 heteroatoms. The molecule has 5 nitrogen and oxygen atoms in total. The fourth-order valence-corrected chi connectivity index (χ4v) is 3.22. The molecule has 0 radical (unpaired) electrons. The largest absolute Gasteiger partial charge is 0.489 e. The van der Waals surface area contributed by atoms with Crippen molar-refractivity contribution in [1.29, 1.82) is 0 Å². The van der Waals surface area contributed by atoms with Gasteiger partial charge in [-0.3, -0.25) is 4.99 Å². The summed E-state index contributed by atoms with van der Waals surface area (Å²) in [5.41, 5.74) is 0. The van der Waals surface area contributed by atoms with Crippen LogP contribution in [-0.4, -0.2) is 56.7 Å². The van der Waals surface area contributed by atoms with Gasteiger partial charge in [0.1, 0.15) is 11.9 Å². The first-order chi connectivity index (χ1) is 12.1. The van der Waals surface area contributed by atoms with E-state index in [1.165, 1.54) is 25.9 Å². The molecule has 0 amide bonds. The van der Waals surface area contributed by atoms with Crippen molar-refractivity contribution in [3.8, 4) is 5.75 Å². The van der Waals surface area contributed by atoms with Gasteiger partial charge in [0.15, 0.2) is 5.96 Å². The Bertz CT molecular complexity index is 535. The van der Waals surface area contributed by atoms with Gasteiger partial charge in [-0.15, -0.1) is 0 Å². The number of benzene rings is 1. The molecule has 1 aliphatic rings. The number of nitrogens with zero attached hydrogens (tertiary/aromatic N) is 2. The van der Waals surface area contributed by atoms with E-state index < -0.39 is 0 Å². The van der Waals surface area contributed by atoms with E-state index in [1.54, 1.807) is 7.05 Å². The Kier molecular flexibility index (Phi) is 8.35. The number of halogens is 1. The van der Waals surface area contributed by atoms with Crippen LogP contribution in [0.4, 0.5) is 0 Å². The van der Waals surface area contributed by atoms with E-state index >= 15 is 0 Å². The first kappa shape index (κ1) is 19.9. The van der Waals surface area contributed by atoms with Crippen molar-refractivity contribution in [1.82, 2.24) is 15.5 Å². The SMILES string of the molecule is CCN1CCCC(CNC(=NC)NCC(C)Oc2ccc(Cl)cc2)C1. The lowest BCUT2D eigenvalue weighted by atomic mass is 9.98. The third-order valence-electron chi connectivity index (χ3n) is 4.54. The highest BCUT2D eigenvalue weighted by Gasteiger charge is 2.18. The van der Waals surface area contributed by atoms with E-state index in [0.717, 1.165) is 24.8 Å². The predicted molar refractivity (Wildman–Crippen MR) is 106 cm³/mol. The van der Waals surface area contributed by atoms with E-state index in [-0.39, 0.29) is 6.10 Å². The maximum atomic E-state index is 5.89. The Morgan fingerprint density at radius 3 is 2.80 bits per heavy atom. The van der Waals surface area contributed by atoms with Crippen molar-refractivity contribution in [2.24, 2.45) is 10.9 Å². The van der Waals surface area contributed by atoms with Crippen molar-refractivity contribution in [2.45, 2.75) is 32.8 Å². The Morgan fingerprint density at radius 1 is 1.36 bits per heavy atom. The lowest BCUT2D eigenvalue weighted by Crippen LogP contribution is -2.46. The van der Waals surface area contributed by atoms with Crippen molar-refractivity contribution < 1.29 is 4.74 Å². The third kappa shape index (κ3) is 7.12. The molecule has 0 bridgehead atoms. The summed E-state index contributed by atoms with van der Waals surface area (Å²) in [6, 6.07) is 7.44. The Morgan fingerprint density at radius 2 is 2.12 bits per heavy atom. The molecular formula is C19H31ClN4O. The molecule has 0 spiro atoms. The fraction of sp³-hybridized carbons (Fsp3) is 0.632. The number of guanidine groups is 1. The van der Waals surface area contributed by atoms with Crippen LogP contribution in [0.5, 0.6) is 5.75 Å². The summed E-state index contributed by atoms with van der Waals surface area (Å²) >= 11 is 5.89. The van der Waals surface area contributed by atoms with Gasteiger partial charge in [0.2, 0.25) is 0 Å². The van der Waals surface area contributed by atoms with Crippen LogP contribution >= 0.6 is 11.6 Å². The summed E-state index contributed by atoms with van der Waals surface area (Å²) in [5, 5.41) is 7.50. The van der Waals surface area contributed by atoms with Crippen molar-refractivity contribution in [3.05, 3.63) is 29.3 Å². The maximum absolute atomic E-state index is 5.89. The van der Waals surface area contributed by atoms with Crippen LogP contribution in [0.3, 0.4) is 0 Å². The van der Waals surface area contributed by atoms with Crippen LogP contribution in [0.1, 0.15) is 26.7 Å². The zero-order valence-electron chi connectivity index (χ0n) is 15.6. The summed E-state index contributed by atoms with van der Waals surface area (Å²) in [6.07, 6.45) is 2.61. The zero-order valence-corrected chi connectivity index (χ0v) is 16.4. The molecule has 1 heterocycles.